The highest BCUT2D eigenvalue weighted by molar-refractivity contribution is 7.90. The van der Waals surface area contributed by atoms with Crippen molar-refractivity contribution in [1.29, 1.82) is 0 Å². The van der Waals surface area contributed by atoms with Crippen LogP contribution in [-0.4, -0.2) is 43.5 Å². The highest BCUT2D eigenvalue weighted by Crippen LogP contribution is 2.30. The van der Waals surface area contributed by atoms with Crippen molar-refractivity contribution >= 4 is 44.6 Å². The van der Waals surface area contributed by atoms with Crippen LogP contribution >= 0.6 is 11.6 Å². The summed E-state index contributed by atoms with van der Waals surface area (Å²) in [5.74, 6) is -1.14. The summed E-state index contributed by atoms with van der Waals surface area (Å²) < 4.78 is 25.5. The maximum absolute atomic E-state index is 13.1. The van der Waals surface area contributed by atoms with Crippen LogP contribution < -0.4 is 10.6 Å². The molecule has 1 unspecified atom stereocenters. The van der Waals surface area contributed by atoms with E-state index in [9.17, 15) is 18.0 Å². The van der Waals surface area contributed by atoms with Crippen LogP contribution in [0.2, 0.25) is 5.02 Å². The zero-order valence-electron chi connectivity index (χ0n) is 18.8. The molecule has 2 heterocycles. The van der Waals surface area contributed by atoms with Crippen molar-refractivity contribution in [2.45, 2.75) is 24.8 Å². The summed E-state index contributed by atoms with van der Waals surface area (Å²) in [6, 6.07) is 18.9. The summed E-state index contributed by atoms with van der Waals surface area (Å²) in [5, 5.41) is 6.24. The number of carbonyl (C=O) groups is 2. The molecule has 2 aliphatic rings. The minimum absolute atomic E-state index is 0.109. The van der Waals surface area contributed by atoms with Gasteiger partial charge in [0.1, 0.15) is 6.04 Å². The quantitative estimate of drug-likeness (QED) is 0.544. The molecule has 2 N–H and O–H groups in total. The third-order valence-electron chi connectivity index (χ3n) is 6.28. The maximum Gasteiger partial charge on any atom is 0.254 e. The summed E-state index contributed by atoms with van der Waals surface area (Å²) in [5.41, 5.74) is 4.47. The Morgan fingerprint density at radius 1 is 1.00 bits per heavy atom. The summed E-state index contributed by atoms with van der Waals surface area (Å²) in [6.07, 6.45) is 0.802. The fourth-order valence-corrected chi connectivity index (χ4v) is 6.30. The minimum atomic E-state index is -3.59. The average Bonchev–Trinajstić information content (AvgIpc) is 2.83. The van der Waals surface area contributed by atoms with Gasteiger partial charge in [0.2, 0.25) is 5.91 Å². The summed E-state index contributed by atoms with van der Waals surface area (Å²) in [4.78, 5) is 27.6. The zero-order chi connectivity index (χ0) is 24.6. The summed E-state index contributed by atoms with van der Waals surface area (Å²) >= 11 is 5.95. The molecule has 0 bridgehead atoms. The fraction of sp³-hybridized carbons (Fsp3) is 0.231. The molecule has 0 saturated heterocycles. The van der Waals surface area contributed by atoms with E-state index in [2.05, 4.69) is 16.7 Å². The van der Waals surface area contributed by atoms with Gasteiger partial charge in [0.15, 0.2) is 9.84 Å². The normalized spacial score (nSPS) is 17.1. The Balaban J connectivity index is 1.28. The van der Waals surface area contributed by atoms with Crippen LogP contribution in [0, 0.1) is 0 Å². The Bertz CT molecular complexity index is 1420. The first-order chi connectivity index (χ1) is 16.8. The van der Waals surface area contributed by atoms with Crippen molar-refractivity contribution in [3.8, 4) is 0 Å². The van der Waals surface area contributed by atoms with Gasteiger partial charge in [-0.3, -0.25) is 9.59 Å². The van der Waals surface area contributed by atoms with Crippen molar-refractivity contribution < 1.29 is 18.0 Å². The number of carbonyl (C=O) groups excluding carboxylic acids is 2. The Hall–Kier alpha value is -3.36. The van der Waals surface area contributed by atoms with E-state index >= 15 is 0 Å². The average molecular weight is 510 g/mol. The third kappa shape index (κ3) is 5.18. The molecule has 5 rings (SSSR count). The molecule has 7 nitrogen and oxygen atoms in total. The van der Waals surface area contributed by atoms with Crippen LogP contribution in [0.1, 0.15) is 27.0 Å². The standard InChI is InChI=1S/C26H24ClN3O4S/c27-21-7-3-4-17(12-21)15-35(33,34)16-24-25(31)29-23-13-19(8-9-22(23)28-24)26(32)30-11-10-18-5-1-2-6-20(18)14-30/h1-9,12-13,24,28H,10-11,14-16H2,(H,29,31). The second kappa shape index (κ2) is 9.36. The van der Waals surface area contributed by atoms with Gasteiger partial charge in [-0.1, -0.05) is 48.0 Å². The molecule has 2 amide bonds. The summed E-state index contributed by atoms with van der Waals surface area (Å²) in [7, 11) is -3.59. The largest absolute Gasteiger partial charge is 0.371 e. The lowest BCUT2D eigenvalue weighted by Crippen LogP contribution is -2.44. The molecule has 0 aliphatic carbocycles. The highest BCUT2D eigenvalue weighted by Gasteiger charge is 2.31. The highest BCUT2D eigenvalue weighted by atomic mass is 35.5. The maximum atomic E-state index is 13.1. The van der Waals surface area contributed by atoms with Crippen molar-refractivity contribution in [1.82, 2.24) is 4.90 Å². The van der Waals surface area contributed by atoms with E-state index in [1.165, 1.54) is 5.56 Å². The Labute approximate surface area is 209 Å². The van der Waals surface area contributed by atoms with E-state index in [0.29, 0.717) is 40.6 Å². The topological polar surface area (TPSA) is 95.6 Å². The predicted octanol–water partition coefficient (Wildman–Crippen LogP) is 3.89. The molecule has 0 fully saturated rings. The minimum Gasteiger partial charge on any atom is -0.371 e. The lowest BCUT2D eigenvalue weighted by atomic mass is 9.99. The Kier molecular flexibility index (Phi) is 6.25. The van der Waals surface area contributed by atoms with E-state index in [4.69, 9.17) is 11.6 Å². The smallest absolute Gasteiger partial charge is 0.254 e. The number of hydrogen-bond acceptors (Lipinski definition) is 5. The number of halogens is 1. The Morgan fingerprint density at radius 3 is 2.60 bits per heavy atom. The van der Waals surface area contributed by atoms with Crippen molar-refractivity contribution in [2.75, 3.05) is 22.9 Å². The van der Waals surface area contributed by atoms with Crippen LogP contribution in [-0.2, 0) is 33.4 Å². The van der Waals surface area contributed by atoms with E-state index in [1.807, 2.05) is 18.2 Å². The fourth-order valence-electron chi connectivity index (χ4n) is 4.54. The van der Waals surface area contributed by atoms with Gasteiger partial charge in [0.25, 0.3) is 5.91 Å². The molecule has 0 aromatic heterocycles. The van der Waals surface area contributed by atoms with Gasteiger partial charge in [0, 0.05) is 23.7 Å². The predicted molar refractivity (Wildman–Crippen MR) is 136 cm³/mol. The van der Waals surface area contributed by atoms with Crippen LogP contribution in [0.25, 0.3) is 0 Å². The number of rotatable bonds is 5. The van der Waals surface area contributed by atoms with E-state index < -0.39 is 21.8 Å². The van der Waals surface area contributed by atoms with Crippen molar-refractivity contribution in [2.24, 2.45) is 0 Å². The molecule has 3 aromatic carbocycles. The second-order valence-electron chi connectivity index (χ2n) is 8.88. The van der Waals surface area contributed by atoms with E-state index in [-0.39, 0.29) is 17.4 Å². The second-order valence-corrected chi connectivity index (χ2v) is 11.4. The van der Waals surface area contributed by atoms with Gasteiger partial charge < -0.3 is 15.5 Å². The number of nitrogens with one attached hydrogen (secondary N) is 2. The number of amides is 2. The SMILES string of the molecule is O=C1Nc2cc(C(=O)N3CCc4ccccc4C3)ccc2NC1CS(=O)(=O)Cc1cccc(Cl)c1. The first kappa shape index (κ1) is 23.4. The van der Waals surface area contributed by atoms with Gasteiger partial charge in [-0.2, -0.15) is 0 Å². The van der Waals surface area contributed by atoms with Crippen molar-refractivity contribution in [3.63, 3.8) is 0 Å². The van der Waals surface area contributed by atoms with Gasteiger partial charge in [-0.25, -0.2) is 8.42 Å². The number of nitrogens with zero attached hydrogens (tertiary/aromatic N) is 1. The number of anilines is 2. The molecule has 2 aliphatic heterocycles. The molecular formula is C26H24ClN3O4S. The van der Waals surface area contributed by atoms with Gasteiger partial charge >= 0.3 is 0 Å². The molecule has 3 aromatic rings. The van der Waals surface area contributed by atoms with Gasteiger partial charge in [0.05, 0.1) is 22.9 Å². The molecule has 1 atom stereocenters. The van der Waals surface area contributed by atoms with Crippen LogP contribution in [0.3, 0.4) is 0 Å². The van der Waals surface area contributed by atoms with Crippen LogP contribution in [0.5, 0.6) is 0 Å². The molecule has 180 valence electrons. The first-order valence-corrected chi connectivity index (χ1v) is 13.5. The number of hydrogen-bond donors (Lipinski definition) is 2. The molecule has 35 heavy (non-hydrogen) atoms. The van der Waals surface area contributed by atoms with Crippen molar-refractivity contribution in [3.05, 3.63) is 94.0 Å². The monoisotopic (exact) mass is 509 g/mol. The summed E-state index contributed by atoms with van der Waals surface area (Å²) in [6.45, 7) is 1.17. The number of fused-ring (bicyclic) bond motifs is 2. The van der Waals surface area contributed by atoms with Crippen LogP contribution in [0.4, 0.5) is 11.4 Å². The molecule has 0 spiro atoms. The molecular weight excluding hydrogens is 486 g/mol. The van der Waals surface area contributed by atoms with Crippen LogP contribution in [0.15, 0.2) is 66.7 Å². The molecule has 0 radical (unpaired) electrons. The van der Waals surface area contributed by atoms with Gasteiger partial charge in [-0.05, 0) is 53.4 Å². The first-order valence-electron chi connectivity index (χ1n) is 11.3. The van der Waals surface area contributed by atoms with Gasteiger partial charge in [-0.15, -0.1) is 0 Å². The Morgan fingerprint density at radius 2 is 1.80 bits per heavy atom. The van der Waals surface area contributed by atoms with E-state index in [0.717, 1.165) is 12.0 Å². The number of sulfone groups is 1. The van der Waals surface area contributed by atoms with E-state index in [1.54, 1.807) is 47.4 Å². The molecule has 9 heteroatoms. The third-order valence-corrected chi connectivity index (χ3v) is 8.13. The lowest BCUT2D eigenvalue weighted by molar-refractivity contribution is -0.116. The number of benzene rings is 3. The zero-order valence-corrected chi connectivity index (χ0v) is 20.4. The molecule has 0 saturated carbocycles. The lowest BCUT2D eigenvalue weighted by Gasteiger charge is -2.30.